The van der Waals surface area contributed by atoms with E-state index in [1.807, 2.05) is 14.0 Å². The predicted octanol–water partition coefficient (Wildman–Crippen LogP) is 2.64. The number of hydrogen-bond donors (Lipinski definition) is 1. The Hall–Kier alpha value is -0.900. The van der Waals surface area contributed by atoms with Gasteiger partial charge in [0.25, 0.3) is 0 Å². The van der Waals surface area contributed by atoms with Crippen LogP contribution in [0.25, 0.3) is 0 Å². The molecule has 1 aromatic rings. The van der Waals surface area contributed by atoms with E-state index in [-0.39, 0.29) is 6.04 Å². The highest BCUT2D eigenvalue weighted by Crippen LogP contribution is 2.38. The van der Waals surface area contributed by atoms with E-state index in [0.717, 1.165) is 11.7 Å². The Labute approximate surface area is 96.8 Å². The molecule has 90 valence electrons. The maximum absolute atomic E-state index is 5.27. The van der Waals surface area contributed by atoms with Gasteiger partial charge in [0.2, 0.25) is 5.89 Å². The molecule has 3 atom stereocenters. The van der Waals surface area contributed by atoms with Crippen LogP contribution in [0.15, 0.2) is 4.52 Å². The molecule has 2 rings (SSSR count). The van der Waals surface area contributed by atoms with Crippen molar-refractivity contribution in [2.45, 2.75) is 51.5 Å². The molecule has 3 unspecified atom stereocenters. The summed E-state index contributed by atoms with van der Waals surface area (Å²) >= 11 is 0. The van der Waals surface area contributed by atoms with Crippen molar-refractivity contribution >= 4 is 0 Å². The van der Waals surface area contributed by atoms with Crippen LogP contribution in [0.5, 0.6) is 0 Å². The number of aromatic nitrogens is 2. The second-order valence-electron chi connectivity index (χ2n) is 4.79. The van der Waals surface area contributed by atoms with Gasteiger partial charge in [0.15, 0.2) is 5.82 Å². The summed E-state index contributed by atoms with van der Waals surface area (Å²) in [5, 5.41) is 7.22. The first kappa shape index (κ1) is 11.6. The van der Waals surface area contributed by atoms with Crippen LogP contribution in [-0.2, 0) is 0 Å². The van der Waals surface area contributed by atoms with Gasteiger partial charge in [0.05, 0.1) is 6.04 Å². The SMILES string of the molecule is CCC1CCC(c2noc(C(C)NC)n2)C1. The lowest BCUT2D eigenvalue weighted by Crippen LogP contribution is -2.12. The highest BCUT2D eigenvalue weighted by molar-refractivity contribution is 5.01. The summed E-state index contributed by atoms with van der Waals surface area (Å²) in [6, 6.07) is 0.143. The molecule has 1 aromatic heterocycles. The standard InChI is InChI=1S/C12H21N3O/c1-4-9-5-6-10(7-9)11-14-12(16-15-11)8(2)13-3/h8-10,13H,4-7H2,1-3H3. The Morgan fingerprint density at radius 1 is 1.50 bits per heavy atom. The fraction of sp³-hybridized carbons (Fsp3) is 0.833. The number of hydrogen-bond acceptors (Lipinski definition) is 4. The molecule has 0 radical (unpaired) electrons. The van der Waals surface area contributed by atoms with Crippen molar-refractivity contribution in [2.75, 3.05) is 7.05 Å². The quantitative estimate of drug-likeness (QED) is 0.852. The first-order valence-corrected chi connectivity index (χ1v) is 6.25. The Balaban J connectivity index is 2.02. The first-order valence-electron chi connectivity index (χ1n) is 6.25. The molecule has 1 aliphatic carbocycles. The van der Waals surface area contributed by atoms with Gasteiger partial charge in [-0.15, -0.1) is 0 Å². The topological polar surface area (TPSA) is 51.0 Å². The van der Waals surface area contributed by atoms with Gasteiger partial charge in [-0.25, -0.2) is 0 Å². The molecule has 0 saturated heterocycles. The van der Waals surface area contributed by atoms with Gasteiger partial charge in [-0.2, -0.15) is 4.98 Å². The minimum atomic E-state index is 0.143. The number of nitrogens with zero attached hydrogens (tertiary/aromatic N) is 2. The van der Waals surface area contributed by atoms with Crippen LogP contribution in [0.4, 0.5) is 0 Å². The van der Waals surface area contributed by atoms with Gasteiger partial charge in [-0.05, 0) is 39.2 Å². The summed E-state index contributed by atoms with van der Waals surface area (Å²) < 4.78 is 5.27. The zero-order chi connectivity index (χ0) is 11.5. The third-order valence-electron chi connectivity index (χ3n) is 3.74. The normalized spacial score (nSPS) is 27.2. The van der Waals surface area contributed by atoms with Crippen LogP contribution in [0, 0.1) is 5.92 Å². The Morgan fingerprint density at radius 3 is 2.94 bits per heavy atom. The molecular weight excluding hydrogens is 202 g/mol. The lowest BCUT2D eigenvalue weighted by Gasteiger charge is -2.05. The summed E-state index contributed by atoms with van der Waals surface area (Å²) in [5.41, 5.74) is 0. The molecule has 4 heteroatoms. The third-order valence-corrected chi connectivity index (χ3v) is 3.74. The summed E-state index contributed by atoms with van der Waals surface area (Å²) in [6.07, 6.45) is 5.02. The second kappa shape index (κ2) is 4.95. The van der Waals surface area contributed by atoms with Crippen molar-refractivity contribution in [2.24, 2.45) is 5.92 Å². The molecule has 1 aliphatic rings. The molecular formula is C12H21N3O. The zero-order valence-electron chi connectivity index (χ0n) is 10.4. The van der Waals surface area contributed by atoms with Gasteiger partial charge in [0.1, 0.15) is 0 Å². The number of nitrogens with one attached hydrogen (secondary N) is 1. The van der Waals surface area contributed by atoms with Crippen molar-refractivity contribution in [3.8, 4) is 0 Å². The smallest absolute Gasteiger partial charge is 0.243 e. The molecule has 1 saturated carbocycles. The molecule has 0 amide bonds. The maximum atomic E-state index is 5.27. The fourth-order valence-electron chi connectivity index (χ4n) is 2.39. The molecule has 0 spiro atoms. The van der Waals surface area contributed by atoms with Gasteiger partial charge in [-0.1, -0.05) is 18.5 Å². The summed E-state index contributed by atoms with van der Waals surface area (Å²) in [4.78, 5) is 4.49. The Bertz CT molecular complexity index is 337. The minimum absolute atomic E-state index is 0.143. The van der Waals surface area contributed by atoms with E-state index < -0.39 is 0 Å². The van der Waals surface area contributed by atoms with Crippen molar-refractivity contribution in [1.82, 2.24) is 15.5 Å². The molecule has 16 heavy (non-hydrogen) atoms. The fourth-order valence-corrected chi connectivity index (χ4v) is 2.39. The van der Waals surface area contributed by atoms with Crippen molar-refractivity contribution < 1.29 is 4.52 Å². The highest BCUT2D eigenvalue weighted by Gasteiger charge is 2.28. The molecule has 0 bridgehead atoms. The lowest BCUT2D eigenvalue weighted by atomic mass is 10.0. The van der Waals surface area contributed by atoms with E-state index in [9.17, 15) is 0 Å². The van der Waals surface area contributed by atoms with E-state index in [1.54, 1.807) is 0 Å². The molecule has 0 aliphatic heterocycles. The highest BCUT2D eigenvalue weighted by atomic mass is 16.5. The third kappa shape index (κ3) is 2.26. The molecule has 1 heterocycles. The van der Waals surface area contributed by atoms with Crippen molar-refractivity contribution in [3.05, 3.63) is 11.7 Å². The molecule has 1 N–H and O–H groups in total. The molecule has 4 nitrogen and oxygen atoms in total. The second-order valence-corrected chi connectivity index (χ2v) is 4.79. The van der Waals surface area contributed by atoms with E-state index in [2.05, 4.69) is 22.4 Å². The minimum Gasteiger partial charge on any atom is -0.338 e. The van der Waals surface area contributed by atoms with E-state index in [0.29, 0.717) is 11.8 Å². The van der Waals surface area contributed by atoms with Crippen LogP contribution in [0.1, 0.15) is 63.2 Å². The number of rotatable bonds is 4. The Kier molecular flexibility index (Phi) is 3.59. The largest absolute Gasteiger partial charge is 0.338 e. The van der Waals surface area contributed by atoms with Gasteiger partial charge in [-0.3, -0.25) is 0 Å². The summed E-state index contributed by atoms with van der Waals surface area (Å²) in [6.45, 7) is 4.29. The van der Waals surface area contributed by atoms with Crippen molar-refractivity contribution in [1.29, 1.82) is 0 Å². The van der Waals surface area contributed by atoms with Crippen LogP contribution in [0.3, 0.4) is 0 Å². The average Bonchev–Trinajstić information content (AvgIpc) is 2.95. The van der Waals surface area contributed by atoms with Crippen LogP contribution in [0.2, 0.25) is 0 Å². The van der Waals surface area contributed by atoms with E-state index >= 15 is 0 Å². The predicted molar refractivity (Wildman–Crippen MR) is 62.1 cm³/mol. The van der Waals surface area contributed by atoms with Crippen LogP contribution >= 0.6 is 0 Å². The van der Waals surface area contributed by atoms with Gasteiger partial charge >= 0.3 is 0 Å². The Morgan fingerprint density at radius 2 is 2.31 bits per heavy atom. The first-order chi connectivity index (χ1) is 7.74. The maximum Gasteiger partial charge on any atom is 0.243 e. The average molecular weight is 223 g/mol. The lowest BCUT2D eigenvalue weighted by molar-refractivity contribution is 0.341. The van der Waals surface area contributed by atoms with Gasteiger partial charge in [0, 0.05) is 5.92 Å². The van der Waals surface area contributed by atoms with Crippen molar-refractivity contribution in [3.63, 3.8) is 0 Å². The van der Waals surface area contributed by atoms with E-state index in [4.69, 9.17) is 4.52 Å². The summed E-state index contributed by atoms with van der Waals surface area (Å²) in [5.74, 6) is 2.99. The molecule has 1 fully saturated rings. The monoisotopic (exact) mass is 223 g/mol. The van der Waals surface area contributed by atoms with Crippen LogP contribution in [-0.4, -0.2) is 17.2 Å². The van der Waals surface area contributed by atoms with Crippen LogP contribution < -0.4 is 5.32 Å². The molecule has 0 aromatic carbocycles. The summed E-state index contributed by atoms with van der Waals surface area (Å²) in [7, 11) is 1.90. The van der Waals surface area contributed by atoms with Gasteiger partial charge < -0.3 is 9.84 Å². The van der Waals surface area contributed by atoms with E-state index in [1.165, 1.54) is 25.7 Å². The zero-order valence-corrected chi connectivity index (χ0v) is 10.4.